The molecule has 0 fully saturated rings. The van der Waals surface area contributed by atoms with Gasteiger partial charge >= 0.3 is 0 Å². The fourth-order valence-corrected chi connectivity index (χ4v) is 3.12. The second-order valence-corrected chi connectivity index (χ2v) is 5.92. The zero-order valence-electron chi connectivity index (χ0n) is 13.7. The molecule has 2 N–H and O–H groups in total. The lowest BCUT2D eigenvalue weighted by molar-refractivity contribution is 0.621. The van der Waals surface area contributed by atoms with Crippen LogP contribution in [0, 0.1) is 6.92 Å². The van der Waals surface area contributed by atoms with Crippen molar-refractivity contribution in [2.75, 3.05) is 11.9 Å². The summed E-state index contributed by atoms with van der Waals surface area (Å²) in [7, 11) is 0. The van der Waals surface area contributed by atoms with E-state index in [1.54, 1.807) is 6.20 Å². The van der Waals surface area contributed by atoms with E-state index in [-0.39, 0.29) is 0 Å². The van der Waals surface area contributed by atoms with Crippen LogP contribution in [-0.4, -0.2) is 26.1 Å². The highest BCUT2D eigenvalue weighted by Crippen LogP contribution is 2.22. The summed E-state index contributed by atoms with van der Waals surface area (Å²) >= 11 is 0. The molecule has 1 aliphatic rings. The van der Waals surface area contributed by atoms with Crippen molar-refractivity contribution in [2.45, 2.75) is 26.4 Å². The first-order chi connectivity index (χ1) is 11.8. The molecule has 0 bridgehead atoms. The summed E-state index contributed by atoms with van der Waals surface area (Å²) in [4.78, 5) is 13.3. The van der Waals surface area contributed by atoms with Crippen LogP contribution < -0.4 is 10.6 Å². The largest absolute Gasteiger partial charge is 0.366 e. The highest BCUT2D eigenvalue weighted by molar-refractivity contribution is 5.50. The van der Waals surface area contributed by atoms with Crippen molar-refractivity contribution in [2.24, 2.45) is 0 Å². The maximum absolute atomic E-state index is 4.62. The van der Waals surface area contributed by atoms with Gasteiger partial charge in [-0.05, 0) is 31.5 Å². The SMILES string of the molecule is Cc1nc2c(c(NCc3ccccc3-n3ccnc3)n1)CCNC2. The maximum atomic E-state index is 4.62. The number of hydrogen-bond donors (Lipinski definition) is 2. The van der Waals surface area contributed by atoms with E-state index >= 15 is 0 Å². The number of aromatic nitrogens is 4. The molecule has 4 rings (SSSR count). The van der Waals surface area contributed by atoms with E-state index in [1.165, 1.54) is 11.1 Å². The van der Waals surface area contributed by atoms with Gasteiger partial charge in [-0.25, -0.2) is 15.0 Å². The van der Waals surface area contributed by atoms with Crippen LogP contribution in [0.5, 0.6) is 0 Å². The van der Waals surface area contributed by atoms with Crippen LogP contribution in [0.25, 0.3) is 5.69 Å². The van der Waals surface area contributed by atoms with Crippen LogP contribution in [0.3, 0.4) is 0 Å². The summed E-state index contributed by atoms with van der Waals surface area (Å²) in [6.45, 7) is 4.45. The summed E-state index contributed by atoms with van der Waals surface area (Å²) in [5, 5.41) is 6.89. The van der Waals surface area contributed by atoms with Gasteiger partial charge in [-0.1, -0.05) is 18.2 Å². The molecule has 0 saturated heterocycles. The fourth-order valence-electron chi connectivity index (χ4n) is 3.12. The number of nitrogens with zero attached hydrogens (tertiary/aromatic N) is 4. The van der Waals surface area contributed by atoms with Gasteiger partial charge in [0.15, 0.2) is 0 Å². The van der Waals surface area contributed by atoms with Gasteiger partial charge in [-0.2, -0.15) is 0 Å². The quantitative estimate of drug-likeness (QED) is 0.771. The minimum Gasteiger partial charge on any atom is -0.366 e. The molecule has 1 aliphatic heterocycles. The van der Waals surface area contributed by atoms with Crippen molar-refractivity contribution in [3.05, 3.63) is 65.6 Å². The summed E-state index contributed by atoms with van der Waals surface area (Å²) in [5.41, 5.74) is 4.68. The Morgan fingerprint density at radius 1 is 1.25 bits per heavy atom. The lowest BCUT2D eigenvalue weighted by Crippen LogP contribution is -2.26. The molecule has 0 unspecified atom stereocenters. The number of aryl methyl sites for hydroxylation is 1. The first-order valence-corrected chi connectivity index (χ1v) is 8.18. The number of rotatable bonds is 4. The van der Waals surface area contributed by atoms with E-state index < -0.39 is 0 Å². The molecule has 3 heterocycles. The number of anilines is 1. The van der Waals surface area contributed by atoms with Crippen molar-refractivity contribution in [3.63, 3.8) is 0 Å². The normalized spacial score (nSPS) is 13.5. The molecule has 0 atom stereocenters. The van der Waals surface area contributed by atoms with E-state index in [0.717, 1.165) is 42.5 Å². The molecule has 0 aliphatic carbocycles. The van der Waals surface area contributed by atoms with Gasteiger partial charge in [0, 0.05) is 31.0 Å². The molecule has 6 heteroatoms. The van der Waals surface area contributed by atoms with Crippen molar-refractivity contribution in [1.82, 2.24) is 24.8 Å². The van der Waals surface area contributed by atoms with Gasteiger partial charge in [-0.3, -0.25) is 0 Å². The molecule has 2 aromatic heterocycles. The molecule has 6 nitrogen and oxygen atoms in total. The zero-order chi connectivity index (χ0) is 16.4. The highest BCUT2D eigenvalue weighted by Gasteiger charge is 2.16. The number of imidazole rings is 1. The van der Waals surface area contributed by atoms with Crippen molar-refractivity contribution in [1.29, 1.82) is 0 Å². The summed E-state index contributed by atoms with van der Waals surface area (Å²) in [6, 6.07) is 8.33. The Balaban J connectivity index is 1.62. The molecule has 0 radical (unpaired) electrons. The van der Waals surface area contributed by atoms with Gasteiger partial charge < -0.3 is 15.2 Å². The topological polar surface area (TPSA) is 67.7 Å². The third kappa shape index (κ3) is 2.88. The van der Waals surface area contributed by atoms with E-state index in [1.807, 2.05) is 30.1 Å². The van der Waals surface area contributed by atoms with Gasteiger partial charge in [0.2, 0.25) is 0 Å². The van der Waals surface area contributed by atoms with Crippen LogP contribution in [-0.2, 0) is 19.5 Å². The first-order valence-electron chi connectivity index (χ1n) is 8.18. The number of hydrogen-bond acceptors (Lipinski definition) is 5. The highest BCUT2D eigenvalue weighted by atomic mass is 15.1. The first kappa shape index (κ1) is 14.8. The Bertz CT molecular complexity index is 841. The molecular formula is C18H20N6. The van der Waals surface area contributed by atoms with Gasteiger partial charge in [-0.15, -0.1) is 0 Å². The van der Waals surface area contributed by atoms with E-state index in [0.29, 0.717) is 6.54 Å². The number of benzene rings is 1. The predicted molar refractivity (Wildman–Crippen MR) is 93.1 cm³/mol. The third-order valence-corrected chi connectivity index (χ3v) is 4.27. The molecule has 122 valence electrons. The standard InChI is InChI=1S/C18H20N6/c1-13-22-16-11-19-7-6-15(16)18(23-13)21-10-14-4-2-3-5-17(14)24-9-8-20-12-24/h2-5,8-9,12,19H,6-7,10-11H2,1H3,(H,21,22,23). The van der Waals surface area contributed by atoms with Gasteiger partial charge in [0.1, 0.15) is 11.6 Å². The molecule has 0 spiro atoms. The fraction of sp³-hybridized carbons (Fsp3) is 0.278. The van der Waals surface area contributed by atoms with Crippen LogP contribution >= 0.6 is 0 Å². The van der Waals surface area contributed by atoms with Crippen LogP contribution in [0.2, 0.25) is 0 Å². The Morgan fingerprint density at radius 3 is 3.04 bits per heavy atom. The minimum absolute atomic E-state index is 0.713. The Labute approximate surface area is 141 Å². The lowest BCUT2D eigenvalue weighted by Gasteiger charge is -2.20. The van der Waals surface area contributed by atoms with Gasteiger partial charge in [0.05, 0.1) is 17.7 Å². The van der Waals surface area contributed by atoms with Crippen LogP contribution in [0.15, 0.2) is 43.0 Å². The second kappa shape index (κ2) is 6.41. The van der Waals surface area contributed by atoms with Crippen molar-refractivity contribution in [3.8, 4) is 5.69 Å². The molecule has 0 saturated carbocycles. The predicted octanol–water partition coefficient (Wildman–Crippen LogP) is 2.23. The monoisotopic (exact) mass is 320 g/mol. The Kier molecular flexibility index (Phi) is 3.96. The summed E-state index contributed by atoms with van der Waals surface area (Å²) in [6.07, 6.45) is 6.53. The summed E-state index contributed by atoms with van der Waals surface area (Å²) in [5.74, 6) is 1.77. The average molecular weight is 320 g/mol. The maximum Gasteiger partial charge on any atom is 0.133 e. The molecule has 3 aromatic rings. The number of para-hydroxylation sites is 1. The summed E-state index contributed by atoms with van der Waals surface area (Å²) < 4.78 is 2.03. The van der Waals surface area contributed by atoms with E-state index in [9.17, 15) is 0 Å². The molecular weight excluding hydrogens is 300 g/mol. The van der Waals surface area contributed by atoms with Gasteiger partial charge in [0.25, 0.3) is 0 Å². The third-order valence-electron chi connectivity index (χ3n) is 4.27. The number of fused-ring (bicyclic) bond motifs is 1. The minimum atomic E-state index is 0.713. The smallest absolute Gasteiger partial charge is 0.133 e. The second-order valence-electron chi connectivity index (χ2n) is 5.92. The zero-order valence-corrected chi connectivity index (χ0v) is 13.7. The molecule has 1 aromatic carbocycles. The molecule has 24 heavy (non-hydrogen) atoms. The number of nitrogens with one attached hydrogen (secondary N) is 2. The lowest BCUT2D eigenvalue weighted by atomic mass is 10.1. The van der Waals surface area contributed by atoms with Crippen LogP contribution in [0.1, 0.15) is 22.6 Å². The Morgan fingerprint density at radius 2 is 2.17 bits per heavy atom. The van der Waals surface area contributed by atoms with E-state index in [4.69, 9.17) is 0 Å². The average Bonchev–Trinajstić information content (AvgIpc) is 3.14. The molecule has 0 amide bonds. The van der Waals surface area contributed by atoms with E-state index in [2.05, 4.69) is 43.8 Å². The van der Waals surface area contributed by atoms with Crippen molar-refractivity contribution >= 4 is 5.82 Å². The Hall–Kier alpha value is -2.73. The van der Waals surface area contributed by atoms with Crippen molar-refractivity contribution < 1.29 is 0 Å². The van der Waals surface area contributed by atoms with Crippen LogP contribution in [0.4, 0.5) is 5.82 Å².